The second-order valence-corrected chi connectivity index (χ2v) is 4.97. The molecule has 0 spiro atoms. The first-order chi connectivity index (χ1) is 10.9. The minimum Gasteiger partial charge on any atom is -0.481 e. The van der Waals surface area contributed by atoms with E-state index < -0.39 is 23.5 Å². The number of carboxylic acid groups (broad SMARTS) is 1. The van der Waals surface area contributed by atoms with E-state index >= 15 is 0 Å². The van der Waals surface area contributed by atoms with E-state index in [-0.39, 0.29) is 30.6 Å². The van der Waals surface area contributed by atoms with E-state index in [1.54, 1.807) is 6.92 Å². The second-order valence-electron chi connectivity index (χ2n) is 4.97. The minimum absolute atomic E-state index is 0.0233. The average molecular weight is 323 g/mol. The summed E-state index contributed by atoms with van der Waals surface area (Å²) in [5.74, 6) is -3.29. The van der Waals surface area contributed by atoms with Crippen LogP contribution >= 0.6 is 0 Å². The fourth-order valence-electron chi connectivity index (χ4n) is 2.14. The predicted octanol–water partition coefficient (Wildman–Crippen LogP) is 2.98. The van der Waals surface area contributed by atoms with Crippen LogP contribution in [0.2, 0.25) is 0 Å². The summed E-state index contributed by atoms with van der Waals surface area (Å²) in [6, 6.07) is 5.11. The summed E-state index contributed by atoms with van der Waals surface area (Å²) < 4.78 is 32.1. The Balaban J connectivity index is 2.27. The van der Waals surface area contributed by atoms with Gasteiger partial charge in [-0.15, -0.1) is 0 Å². The Bertz CT molecular complexity index is 727. The molecule has 0 unspecified atom stereocenters. The highest BCUT2D eigenvalue weighted by Gasteiger charge is 2.22. The monoisotopic (exact) mass is 323 g/mol. The highest BCUT2D eigenvalue weighted by atomic mass is 19.2. The zero-order chi connectivity index (χ0) is 17.0. The lowest BCUT2D eigenvalue weighted by Gasteiger charge is -2.22. The van der Waals surface area contributed by atoms with Gasteiger partial charge in [-0.1, -0.05) is 12.1 Å². The fourth-order valence-corrected chi connectivity index (χ4v) is 2.14. The number of hydrogen-bond acceptors (Lipinski definition) is 3. The number of halogens is 2. The number of aryl methyl sites for hydroxylation is 1. The molecule has 1 aromatic heterocycles. The van der Waals surface area contributed by atoms with Crippen LogP contribution in [0.1, 0.15) is 28.1 Å². The minimum atomic E-state index is -1.09. The summed E-state index contributed by atoms with van der Waals surface area (Å²) in [6.07, 6.45) is 1.03. The van der Waals surface area contributed by atoms with Crippen molar-refractivity contribution in [3.8, 4) is 0 Å². The molecule has 1 heterocycles. The highest BCUT2D eigenvalue weighted by Crippen LogP contribution is 2.18. The van der Waals surface area contributed by atoms with Gasteiger partial charge in [0.1, 0.15) is 5.76 Å². The molecule has 23 heavy (non-hydrogen) atoms. The average Bonchev–Trinajstić information content (AvgIpc) is 2.93. The zero-order valence-electron chi connectivity index (χ0n) is 12.4. The number of hydrogen-bond donors (Lipinski definition) is 1. The van der Waals surface area contributed by atoms with Crippen molar-refractivity contribution in [3.05, 3.63) is 59.1 Å². The fraction of sp³-hybridized carbons (Fsp3) is 0.250. The Kier molecular flexibility index (Phi) is 5.10. The number of nitrogens with zero attached hydrogens (tertiary/aromatic N) is 1. The van der Waals surface area contributed by atoms with Crippen LogP contribution in [-0.4, -0.2) is 28.4 Å². The van der Waals surface area contributed by atoms with Gasteiger partial charge in [-0.05, 0) is 19.1 Å². The summed E-state index contributed by atoms with van der Waals surface area (Å²) in [4.78, 5) is 24.4. The Morgan fingerprint density at radius 2 is 2.00 bits per heavy atom. The molecule has 0 aliphatic rings. The quantitative estimate of drug-likeness (QED) is 0.887. The molecule has 1 aromatic carbocycles. The molecule has 122 valence electrons. The maximum atomic E-state index is 13.8. The van der Waals surface area contributed by atoms with Crippen molar-refractivity contribution < 1.29 is 27.9 Å². The van der Waals surface area contributed by atoms with Gasteiger partial charge in [-0.3, -0.25) is 9.59 Å². The molecule has 0 bridgehead atoms. The molecule has 1 amide bonds. The van der Waals surface area contributed by atoms with E-state index in [1.165, 1.54) is 24.5 Å². The summed E-state index contributed by atoms with van der Waals surface area (Å²) in [5, 5.41) is 8.80. The largest absolute Gasteiger partial charge is 0.481 e. The smallest absolute Gasteiger partial charge is 0.305 e. The zero-order valence-corrected chi connectivity index (χ0v) is 12.4. The summed E-state index contributed by atoms with van der Waals surface area (Å²) in [7, 11) is 0. The molecule has 0 saturated carbocycles. The maximum absolute atomic E-state index is 13.8. The van der Waals surface area contributed by atoms with E-state index in [0.717, 1.165) is 11.0 Å². The van der Waals surface area contributed by atoms with Gasteiger partial charge in [0.15, 0.2) is 11.6 Å². The molecule has 0 aliphatic heterocycles. The molecule has 0 radical (unpaired) electrons. The van der Waals surface area contributed by atoms with Crippen LogP contribution < -0.4 is 0 Å². The number of aliphatic carboxylic acids is 1. The first-order valence-electron chi connectivity index (χ1n) is 6.88. The summed E-state index contributed by atoms with van der Waals surface area (Å²) in [6.45, 7) is 1.22. The predicted molar refractivity (Wildman–Crippen MR) is 76.8 cm³/mol. The molecular formula is C16H15F2NO4. The Labute approximate surface area is 131 Å². The van der Waals surface area contributed by atoms with Crippen LogP contribution in [-0.2, 0) is 11.3 Å². The van der Waals surface area contributed by atoms with Crippen LogP contribution in [0.3, 0.4) is 0 Å². The van der Waals surface area contributed by atoms with Gasteiger partial charge in [0.2, 0.25) is 0 Å². The molecule has 2 rings (SSSR count). The molecule has 2 aromatic rings. The van der Waals surface area contributed by atoms with E-state index in [2.05, 4.69) is 0 Å². The van der Waals surface area contributed by atoms with E-state index in [9.17, 15) is 18.4 Å². The van der Waals surface area contributed by atoms with Crippen LogP contribution in [0.25, 0.3) is 0 Å². The maximum Gasteiger partial charge on any atom is 0.305 e. The molecule has 0 fully saturated rings. The SMILES string of the molecule is Cc1occc1C(=O)N(CCC(=O)O)Cc1cccc(F)c1F. The topological polar surface area (TPSA) is 70.8 Å². The van der Waals surface area contributed by atoms with Gasteiger partial charge in [-0.25, -0.2) is 8.78 Å². The van der Waals surface area contributed by atoms with Crippen molar-refractivity contribution >= 4 is 11.9 Å². The Morgan fingerprint density at radius 3 is 2.61 bits per heavy atom. The first-order valence-corrected chi connectivity index (χ1v) is 6.88. The highest BCUT2D eigenvalue weighted by molar-refractivity contribution is 5.95. The van der Waals surface area contributed by atoms with E-state index in [4.69, 9.17) is 9.52 Å². The number of carboxylic acids is 1. The molecule has 0 atom stereocenters. The van der Waals surface area contributed by atoms with Crippen LogP contribution in [0, 0.1) is 18.6 Å². The number of furan rings is 1. The van der Waals surface area contributed by atoms with Crippen molar-refractivity contribution in [2.75, 3.05) is 6.54 Å². The van der Waals surface area contributed by atoms with E-state index in [0.29, 0.717) is 5.76 Å². The normalized spacial score (nSPS) is 10.6. The van der Waals surface area contributed by atoms with Gasteiger partial charge < -0.3 is 14.4 Å². The second kappa shape index (κ2) is 7.04. The van der Waals surface area contributed by atoms with Crippen molar-refractivity contribution in [1.82, 2.24) is 4.90 Å². The van der Waals surface area contributed by atoms with Crippen molar-refractivity contribution in [2.24, 2.45) is 0 Å². The molecule has 5 nitrogen and oxygen atoms in total. The van der Waals surface area contributed by atoms with Crippen molar-refractivity contribution in [3.63, 3.8) is 0 Å². The third-order valence-corrected chi connectivity index (χ3v) is 3.36. The molecule has 0 aliphatic carbocycles. The van der Waals surface area contributed by atoms with Gasteiger partial charge >= 0.3 is 5.97 Å². The number of rotatable bonds is 6. The lowest BCUT2D eigenvalue weighted by molar-refractivity contribution is -0.137. The van der Waals surface area contributed by atoms with E-state index in [1.807, 2.05) is 0 Å². The number of carbonyl (C=O) groups excluding carboxylic acids is 1. The molecule has 7 heteroatoms. The van der Waals surface area contributed by atoms with Crippen LogP contribution in [0.4, 0.5) is 8.78 Å². The lowest BCUT2D eigenvalue weighted by Crippen LogP contribution is -2.33. The third kappa shape index (κ3) is 3.94. The van der Waals surface area contributed by atoms with Crippen LogP contribution in [0.15, 0.2) is 34.9 Å². The molecule has 1 N–H and O–H groups in total. The van der Waals surface area contributed by atoms with Gasteiger partial charge in [-0.2, -0.15) is 0 Å². The standard InChI is InChI=1S/C16H15F2NO4/c1-10-12(6-8-23-10)16(22)19(7-5-14(20)21)9-11-3-2-4-13(17)15(11)18/h2-4,6,8H,5,7,9H2,1H3,(H,20,21). The third-order valence-electron chi connectivity index (χ3n) is 3.36. The number of benzene rings is 1. The molecular weight excluding hydrogens is 308 g/mol. The molecule has 0 saturated heterocycles. The lowest BCUT2D eigenvalue weighted by atomic mass is 10.1. The summed E-state index contributed by atoms with van der Waals surface area (Å²) >= 11 is 0. The van der Waals surface area contributed by atoms with Gasteiger partial charge in [0.05, 0.1) is 18.2 Å². The van der Waals surface area contributed by atoms with Gasteiger partial charge in [0, 0.05) is 18.7 Å². The number of amides is 1. The first kappa shape index (κ1) is 16.7. The Hall–Kier alpha value is -2.70. The summed E-state index contributed by atoms with van der Waals surface area (Å²) in [5.41, 5.74) is 0.233. The number of carbonyl (C=O) groups is 2. The Morgan fingerprint density at radius 1 is 1.26 bits per heavy atom. The van der Waals surface area contributed by atoms with Crippen LogP contribution in [0.5, 0.6) is 0 Å². The van der Waals surface area contributed by atoms with Gasteiger partial charge in [0.25, 0.3) is 5.91 Å². The van der Waals surface area contributed by atoms with Crippen molar-refractivity contribution in [1.29, 1.82) is 0 Å². The van der Waals surface area contributed by atoms with Crippen molar-refractivity contribution in [2.45, 2.75) is 19.9 Å².